The number of nitrogens with zero attached hydrogens (tertiary/aromatic N) is 2. The molecule has 3 rings (SSSR count). The van der Waals surface area contributed by atoms with Crippen LogP contribution in [0.1, 0.15) is 12.8 Å². The van der Waals surface area contributed by atoms with Crippen molar-refractivity contribution in [3.05, 3.63) is 30.5 Å². The number of benzene rings is 1. The van der Waals surface area contributed by atoms with Gasteiger partial charge in [-0.15, -0.1) is 0 Å². The van der Waals surface area contributed by atoms with Gasteiger partial charge in [-0.3, -0.25) is 0 Å². The van der Waals surface area contributed by atoms with Crippen molar-refractivity contribution in [1.82, 2.24) is 4.98 Å². The number of methoxy groups -OCH3 is 1. The maximum Gasteiger partial charge on any atom is 0.136 e. The molecular weight excluding hydrogens is 252 g/mol. The minimum Gasteiger partial charge on any atom is -0.497 e. The molecule has 0 aliphatic carbocycles. The van der Waals surface area contributed by atoms with Crippen molar-refractivity contribution in [1.29, 1.82) is 0 Å². The van der Waals surface area contributed by atoms with Crippen molar-refractivity contribution in [3.8, 4) is 5.75 Å². The number of pyridine rings is 1. The lowest BCUT2D eigenvalue weighted by molar-refractivity contribution is 0.203. The molecule has 1 N–H and O–H groups in total. The Morgan fingerprint density at radius 2 is 2.10 bits per heavy atom. The molecule has 0 bridgehead atoms. The molecule has 4 nitrogen and oxygen atoms in total. The van der Waals surface area contributed by atoms with Gasteiger partial charge in [-0.05, 0) is 48.4 Å². The Labute approximate surface area is 119 Å². The lowest BCUT2D eigenvalue weighted by atomic mass is 9.97. The lowest BCUT2D eigenvalue weighted by Crippen LogP contribution is -2.35. The highest BCUT2D eigenvalue weighted by Crippen LogP contribution is 2.30. The van der Waals surface area contributed by atoms with Gasteiger partial charge in [-0.1, -0.05) is 0 Å². The molecule has 0 radical (unpaired) electrons. The fourth-order valence-electron chi connectivity index (χ4n) is 2.85. The SMILES string of the molecule is COc1ccc2c(N3CCC(CO)CC3)nccc2c1. The molecule has 2 heterocycles. The molecule has 1 saturated heterocycles. The van der Waals surface area contributed by atoms with Gasteiger partial charge in [0.25, 0.3) is 0 Å². The van der Waals surface area contributed by atoms with E-state index >= 15 is 0 Å². The van der Waals surface area contributed by atoms with E-state index < -0.39 is 0 Å². The van der Waals surface area contributed by atoms with Gasteiger partial charge in [0.1, 0.15) is 11.6 Å². The van der Waals surface area contributed by atoms with Crippen LogP contribution in [0.2, 0.25) is 0 Å². The molecule has 106 valence electrons. The Hall–Kier alpha value is -1.81. The van der Waals surface area contributed by atoms with Crippen LogP contribution in [0.15, 0.2) is 30.5 Å². The monoisotopic (exact) mass is 272 g/mol. The second kappa shape index (κ2) is 5.67. The van der Waals surface area contributed by atoms with E-state index in [2.05, 4.69) is 16.0 Å². The standard InChI is InChI=1S/C16H20N2O2/c1-20-14-2-3-15-13(10-14)4-7-17-16(15)18-8-5-12(11-19)6-9-18/h2-4,7,10,12,19H,5-6,8-9,11H2,1H3. The zero-order valence-corrected chi connectivity index (χ0v) is 11.7. The number of ether oxygens (including phenoxy) is 1. The van der Waals surface area contributed by atoms with Crippen LogP contribution in [0.4, 0.5) is 5.82 Å². The van der Waals surface area contributed by atoms with Crippen molar-refractivity contribution in [2.75, 3.05) is 31.7 Å². The predicted molar refractivity (Wildman–Crippen MR) is 80.3 cm³/mol. The predicted octanol–water partition coefficient (Wildman–Crippen LogP) is 2.45. The first-order chi connectivity index (χ1) is 9.81. The summed E-state index contributed by atoms with van der Waals surface area (Å²) >= 11 is 0. The van der Waals surface area contributed by atoms with E-state index in [0.29, 0.717) is 12.5 Å². The second-order valence-corrected chi connectivity index (χ2v) is 5.33. The molecule has 1 aliphatic heterocycles. The zero-order chi connectivity index (χ0) is 13.9. The summed E-state index contributed by atoms with van der Waals surface area (Å²) in [6.07, 6.45) is 3.92. The van der Waals surface area contributed by atoms with Gasteiger partial charge in [0.05, 0.1) is 7.11 Å². The molecular formula is C16H20N2O2. The molecule has 0 saturated carbocycles. The third-order valence-electron chi connectivity index (χ3n) is 4.12. The third kappa shape index (κ3) is 2.43. The van der Waals surface area contributed by atoms with E-state index in [1.165, 1.54) is 0 Å². The number of anilines is 1. The number of hydrogen-bond acceptors (Lipinski definition) is 4. The van der Waals surface area contributed by atoms with Crippen molar-refractivity contribution in [3.63, 3.8) is 0 Å². The Kier molecular flexibility index (Phi) is 3.74. The molecule has 0 atom stereocenters. The largest absolute Gasteiger partial charge is 0.497 e. The van der Waals surface area contributed by atoms with Crippen molar-refractivity contribution in [2.45, 2.75) is 12.8 Å². The van der Waals surface area contributed by atoms with Gasteiger partial charge in [0.2, 0.25) is 0 Å². The topological polar surface area (TPSA) is 45.6 Å². The van der Waals surface area contributed by atoms with E-state index in [1.54, 1.807) is 7.11 Å². The Balaban J connectivity index is 1.92. The van der Waals surface area contributed by atoms with Gasteiger partial charge in [0.15, 0.2) is 0 Å². The average Bonchev–Trinajstić information content (AvgIpc) is 2.54. The third-order valence-corrected chi connectivity index (χ3v) is 4.12. The minimum atomic E-state index is 0.300. The Morgan fingerprint density at radius 1 is 1.30 bits per heavy atom. The molecule has 1 aromatic heterocycles. The number of fused-ring (bicyclic) bond motifs is 1. The van der Waals surface area contributed by atoms with Crippen molar-refractivity contribution >= 4 is 16.6 Å². The van der Waals surface area contributed by atoms with Gasteiger partial charge in [0, 0.05) is 31.3 Å². The molecule has 1 fully saturated rings. The molecule has 1 aliphatic rings. The number of rotatable bonds is 3. The number of aromatic nitrogens is 1. The minimum absolute atomic E-state index is 0.300. The van der Waals surface area contributed by atoms with Crippen molar-refractivity contribution in [2.24, 2.45) is 5.92 Å². The smallest absolute Gasteiger partial charge is 0.136 e. The summed E-state index contributed by atoms with van der Waals surface area (Å²) in [5, 5.41) is 11.5. The summed E-state index contributed by atoms with van der Waals surface area (Å²) in [5.41, 5.74) is 0. The summed E-state index contributed by atoms with van der Waals surface area (Å²) in [6.45, 7) is 2.22. The second-order valence-electron chi connectivity index (χ2n) is 5.33. The molecule has 2 aromatic rings. The van der Waals surface area contributed by atoms with E-state index in [4.69, 9.17) is 4.74 Å². The van der Waals surface area contributed by atoms with Gasteiger partial charge >= 0.3 is 0 Å². The normalized spacial score (nSPS) is 16.6. The molecule has 0 unspecified atom stereocenters. The molecule has 4 heteroatoms. The highest BCUT2D eigenvalue weighted by Gasteiger charge is 2.20. The highest BCUT2D eigenvalue weighted by molar-refractivity contribution is 5.93. The van der Waals surface area contributed by atoms with E-state index in [1.807, 2.05) is 24.4 Å². The van der Waals surface area contributed by atoms with Crippen LogP contribution in [0.5, 0.6) is 5.75 Å². The maximum atomic E-state index is 9.23. The summed E-state index contributed by atoms with van der Waals surface area (Å²) in [4.78, 5) is 6.88. The van der Waals surface area contributed by atoms with Crippen LogP contribution in [-0.4, -0.2) is 36.9 Å². The highest BCUT2D eigenvalue weighted by atomic mass is 16.5. The van der Waals surface area contributed by atoms with E-state index in [9.17, 15) is 5.11 Å². The number of aliphatic hydroxyl groups is 1. The molecule has 1 aromatic carbocycles. The average molecular weight is 272 g/mol. The van der Waals surface area contributed by atoms with Crippen LogP contribution in [0, 0.1) is 5.92 Å². The number of aliphatic hydroxyl groups excluding tert-OH is 1. The summed E-state index contributed by atoms with van der Waals surface area (Å²) in [7, 11) is 1.68. The first-order valence-electron chi connectivity index (χ1n) is 7.10. The van der Waals surface area contributed by atoms with E-state index in [0.717, 1.165) is 48.3 Å². The maximum absolute atomic E-state index is 9.23. The van der Waals surface area contributed by atoms with Gasteiger partial charge < -0.3 is 14.7 Å². The lowest BCUT2D eigenvalue weighted by Gasteiger charge is -2.32. The summed E-state index contributed by atoms with van der Waals surface area (Å²) < 4.78 is 5.27. The zero-order valence-electron chi connectivity index (χ0n) is 11.7. The van der Waals surface area contributed by atoms with Crippen LogP contribution >= 0.6 is 0 Å². The number of piperidine rings is 1. The molecule has 0 amide bonds. The first-order valence-corrected chi connectivity index (χ1v) is 7.10. The molecule has 0 spiro atoms. The summed E-state index contributed by atoms with van der Waals surface area (Å²) in [6, 6.07) is 8.12. The quantitative estimate of drug-likeness (QED) is 0.932. The summed E-state index contributed by atoms with van der Waals surface area (Å²) in [5.74, 6) is 2.36. The first kappa shape index (κ1) is 13.2. The van der Waals surface area contributed by atoms with E-state index in [-0.39, 0.29) is 0 Å². The molecule has 20 heavy (non-hydrogen) atoms. The van der Waals surface area contributed by atoms with Gasteiger partial charge in [-0.25, -0.2) is 4.98 Å². The van der Waals surface area contributed by atoms with Crippen LogP contribution in [0.3, 0.4) is 0 Å². The Bertz CT molecular complexity index is 592. The van der Waals surface area contributed by atoms with Gasteiger partial charge in [-0.2, -0.15) is 0 Å². The van der Waals surface area contributed by atoms with Crippen LogP contribution in [-0.2, 0) is 0 Å². The fourth-order valence-corrected chi connectivity index (χ4v) is 2.85. The van der Waals surface area contributed by atoms with Crippen LogP contribution < -0.4 is 9.64 Å². The fraction of sp³-hybridized carbons (Fsp3) is 0.438. The van der Waals surface area contributed by atoms with Crippen molar-refractivity contribution < 1.29 is 9.84 Å². The Morgan fingerprint density at radius 3 is 2.80 bits per heavy atom. The number of hydrogen-bond donors (Lipinski definition) is 1. The van der Waals surface area contributed by atoms with Crippen LogP contribution in [0.25, 0.3) is 10.8 Å².